The minimum absolute atomic E-state index is 0.000938. The Labute approximate surface area is 179 Å². The molecule has 1 aromatic heterocycles. The molecule has 9 heteroatoms. The van der Waals surface area contributed by atoms with Gasteiger partial charge in [-0.25, -0.2) is 4.79 Å². The highest BCUT2D eigenvalue weighted by molar-refractivity contribution is 5.97. The molecule has 3 aromatic rings. The Bertz CT molecular complexity index is 1120. The van der Waals surface area contributed by atoms with Gasteiger partial charge in [0.2, 0.25) is 17.8 Å². The van der Waals surface area contributed by atoms with Gasteiger partial charge >= 0.3 is 5.97 Å². The van der Waals surface area contributed by atoms with Crippen molar-refractivity contribution < 1.29 is 14.3 Å². The number of nitrogen functional groups attached to an aromatic ring is 1. The molecule has 0 bridgehead atoms. The molecule has 0 spiro atoms. The van der Waals surface area contributed by atoms with E-state index in [1.54, 1.807) is 12.1 Å². The van der Waals surface area contributed by atoms with E-state index in [-0.39, 0.29) is 30.0 Å². The number of aromatic nitrogens is 3. The van der Waals surface area contributed by atoms with Gasteiger partial charge in [-0.1, -0.05) is 48.5 Å². The highest BCUT2D eigenvalue weighted by Crippen LogP contribution is 2.18. The monoisotopic (exact) mass is 418 g/mol. The van der Waals surface area contributed by atoms with E-state index in [4.69, 9.17) is 10.5 Å². The number of hydrogen-bond acceptors (Lipinski definition) is 8. The summed E-state index contributed by atoms with van der Waals surface area (Å²) in [5.74, 6) is -0.743. The molecule has 9 nitrogen and oxygen atoms in total. The first-order chi connectivity index (χ1) is 14.9. The zero-order chi connectivity index (χ0) is 22.2. The minimum Gasteiger partial charge on any atom is -0.453 e. The fourth-order valence-electron chi connectivity index (χ4n) is 2.65. The number of anilines is 3. The maximum Gasteiger partial charge on any atom is 0.355 e. The van der Waals surface area contributed by atoms with Crippen LogP contribution in [-0.4, -0.2) is 26.8 Å². The second-order valence-corrected chi connectivity index (χ2v) is 6.60. The number of carbonyl (C=O) groups excluding carboxylic acids is 2. The van der Waals surface area contributed by atoms with Crippen LogP contribution in [-0.2, 0) is 20.9 Å². The quantitative estimate of drug-likeness (QED) is 0.394. The van der Waals surface area contributed by atoms with Gasteiger partial charge in [-0.05, 0) is 30.2 Å². The first kappa shape index (κ1) is 21.4. The van der Waals surface area contributed by atoms with E-state index in [1.165, 1.54) is 13.0 Å². The highest BCUT2D eigenvalue weighted by Gasteiger charge is 2.15. The molecule has 4 N–H and O–H groups in total. The Morgan fingerprint density at radius 1 is 1.03 bits per heavy atom. The Hall–Kier alpha value is -4.27. The van der Waals surface area contributed by atoms with Gasteiger partial charge < -0.3 is 21.1 Å². The van der Waals surface area contributed by atoms with Crippen molar-refractivity contribution in [2.24, 2.45) is 0 Å². The van der Waals surface area contributed by atoms with Crippen LogP contribution in [0, 0.1) is 6.92 Å². The molecule has 3 rings (SSSR count). The number of nitrogens with one attached hydrogen (secondary N) is 2. The number of aryl methyl sites for hydroxylation is 1. The first-order valence-electron chi connectivity index (χ1n) is 9.45. The third-order valence-corrected chi connectivity index (χ3v) is 4.06. The summed E-state index contributed by atoms with van der Waals surface area (Å²) in [5, 5.41) is 5.56. The number of amides is 1. The zero-order valence-corrected chi connectivity index (χ0v) is 17.1. The number of hydrogen-bond donors (Lipinski definition) is 3. The Balaban J connectivity index is 1.73. The molecule has 1 amide bonds. The van der Waals surface area contributed by atoms with Crippen LogP contribution in [0.5, 0.6) is 0 Å². The van der Waals surface area contributed by atoms with Gasteiger partial charge in [0.05, 0.1) is 0 Å². The molecule has 0 saturated heterocycles. The molecule has 0 atom stereocenters. The van der Waals surface area contributed by atoms with Crippen molar-refractivity contribution >= 4 is 35.5 Å². The Morgan fingerprint density at radius 2 is 1.74 bits per heavy atom. The van der Waals surface area contributed by atoms with Gasteiger partial charge in [0.1, 0.15) is 5.70 Å². The molecule has 158 valence electrons. The molecule has 31 heavy (non-hydrogen) atoms. The lowest BCUT2D eigenvalue weighted by atomic mass is 10.2. The van der Waals surface area contributed by atoms with Gasteiger partial charge in [-0.2, -0.15) is 15.0 Å². The second kappa shape index (κ2) is 9.97. The third-order valence-electron chi connectivity index (χ3n) is 4.06. The fraction of sp³-hybridized carbons (Fsp3) is 0.136. The van der Waals surface area contributed by atoms with Gasteiger partial charge in [0.25, 0.3) is 0 Å². The zero-order valence-electron chi connectivity index (χ0n) is 17.1. The molecule has 0 aliphatic carbocycles. The number of rotatable bonds is 7. The number of carbonyl (C=O) groups is 2. The van der Waals surface area contributed by atoms with Crippen LogP contribution in [0.2, 0.25) is 0 Å². The number of benzene rings is 2. The summed E-state index contributed by atoms with van der Waals surface area (Å²) in [7, 11) is 0. The molecule has 2 aromatic carbocycles. The minimum atomic E-state index is -0.730. The van der Waals surface area contributed by atoms with Crippen LogP contribution >= 0.6 is 0 Å². The molecule has 0 unspecified atom stereocenters. The highest BCUT2D eigenvalue weighted by atomic mass is 16.5. The fourth-order valence-corrected chi connectivity index (χ4v) is 2.65. The van der Waals surface area contributed by atoms with Gasteiger partial charge in [0, 0.05) is 12.6 Å². The van der Waals surface area contributed by atoms with Gasteiger partial charge in [0.15, 0.2) is 12.4 Å². The Kier molecular flexibility index (Phi) is 6.89. The molecular weight excluding hydrogens is 396 g/mol. The smallest absolute Gasteiger partial charge is 0.355 e. The SMILES string of the molecule is CC(=O)NC(=Cc1ccccc1)C(=O)OCc1nc(N)nc(Nc2ccccc2C)n1. The standard InChI is InChI=1S/C22H22N6O3/c1-14-8-6-7-11-17(14)25-22-27-19(26-21(23)28-22)13-31-20(30)18(24-15(2)29)12-16-9-4-3-5-10-16/h3-12H,13H2,1-2H3,(H,24,29)(H3,23,25,26,27,28). The largest absolute Gasteiger partial charge is 0.453 e. The molecule has 0 saturated carbocycles. The summed E-state index contributed by atoms with van der Waals surface area (Å²) in [6.07, 6.45) is 1.52. The van der Waals surface area contributed by atoms with E-state index in [1.807, 2.05) is 49.4 Å². The van der Waals surface area contributed by atoms with Crippen molar-refractivity contribution in [2.75, 3.05) is 11.1 Å². The summed E-state index contributed by atoms with van der Waals surface area (Å²) in [4.78, 5) is 36.4. The van der Waals surface area contributed by atoms with E-state index >= 15 is 0 Å². The molecule has 1 heterocycles. The first-order valence-corrected chi connectivity index (χ1v) is 9.45. The lowest BCUT2D eigenvalue weighted by molar-refractivity contribution is -0.141. The van der Waals surface area contributed by atoms with E-state index in [2.05, 4.69) is 25.6 Å². The predicted molar refractivity (Wildman–Crippen MR) is 117 cm³/mol. The average molecular weight is 418 g/mol. The maximum absolute atomic E-state index is 12.5. The van der Waals surface area contributed by atoms with Crippen LogP contribution in [0.4, 0.5) is 17.6 Å². The molecule has 0 fully saturated rings. The van der Waals surface area contributed by atoms with Crippen LogP contribution in [0.25, 0.3) is 6.08 Å². The van der Waals surface area contributed by atoms with E-state index in [9.17, 15) is 9.59 Å². The number of nitrogens with two attached hydrogens (primary N) is 1. The summed E-state index contributed by atoms with van der Waals surface area (Å²) >= 11 is 0. The number of esters is 1. The Morgan fingerprint density at radius 3 is 2.45 bits per heavy atom. The van der Waals surface area contributed by atoms with Crippen LogP contribution in [0.3, 0.4) is 0 Å². The third kappa shape index (κ3) is 6.36. The number of nitrogens with zero attached hydrogens (tertiary/aromatic N) is 3. The summed E-state index contributed by atoms with van der Waals surface area (Å²) in [6.45, 7) is 3.00. The lowest BCUT2D eigenvalue weighted by Gasteiger charge is -2.11. The molecule has 0 aliphatic rings. The topological polar surface area (TPSA) is 132 Å². The maximum atomic E-state index is 12.5. The number of para-hydroxylation sites is 1. The second-order valence-electron chi connectivity index (χ2n) is 6.60. The van der Waals surface area contributed by atoms with Gasteiger partial charge in [-0.3, -0.25) is 4.79 Å². The molecular formula is C22H22N6O3. The average Bonchev–Trinajstić information content (AvgIpc) is 2.73. The van der Waals surface area contributed by atoms with Crippen LogP contribution < -0.4 is 16.4 Å². The van der Waals surface area contributed by atoms with Crippen molar-refractivity contribution in [1.82, 2.24) is 20.3 Å². The lowest BCUT2D eigenvalue weighted by Crippen LogP contribution is -2.26. The molecule has 0 radical (unpaired) electrons. The summed E-state index contributed by atoms with van der Waals surface area (Å²) in [6, 6.07) is 16.7. The molecule has 0 aliphatic heterocycles. The van der Waals surface area contributed by atoms with Gasteiger partial charge in [-0.15, -0.1) is 0 Å². The van der Waals surface area contributed by atoms with Crippen LogP contribution in [0.1, 0.15) is 23.9 Å². The number of ether oxygens (including phenoxy) is 1. The van der Waals surface area contributed by atoms with Crippen molar-refractivity contribution in [2.45, 2.75) is 20.5 Å². The normalized spacial score (nSPS) is 11.0. The van der Waals surface area contributed by atoms with Crippen LogP contribution in [0.15, 0.2) is 60.3 Å². The van der Waals surface area contributed by atoms with Crippen molar-refractivity contribution in [3.63, 3.8) is 0 Å². The van der Waals surface area contributed by atoms with Crippen molar-refractivity contribution in [3.05, 3.63) is 77.2 Å². The van der Waals surface area contributed by atoms with E-state index < -0.39 is 11.9 Å². The predicted octanol–water partition coefficient (Wildman–Crippen LogP) is 2.73. The van der Waals surface area contributed by atoms with Crippen molar-refractivity contribution in [1.29, 1.82) is 0 Å². The summed E-state index contributed by atoms with van der Waals surface area (Å²) in [5.41, 5.74) is 8.32. The van der Waals surface area contributed by atoms with E-state index in [0.29, 0.717) is 0 Å². The summed E-state index contributed by atoms with van der Waals surface area (Å²) < 4.78 is 5.29. The van der Waals surface area contributed by atoms with Crippen molar-refractivity contribution in [3.8, 4) is 0 Å². The van der Waals surface area contributed by atoms with E-state index in [0.717, 1.165) is 16.8 Å².